The van der Waals surface area contributed by atoms with Crippen molar-refractivity contribution < 1.29 is 9.13 Å². The third-order valence-corrected chi connectivity index (χ3v) is 6.43. The average molecular weight is 473 g/mol. The summed E-state index contributed by atoms with van der Waals surface area (Å²) < 4.78 is 21.3. The molecule has 0 amide bonds. The van der Waals surface area contributed by atoms with Crippen molar-refractivity contribution in [1.29, 1.82) is 0 Å². The lowest BCUT2D eigenvalue weighted by Crippen LogP contribution is -2.43. The molecule has 0 aromatic heterocycles. The van der Waals surface area contributed by atoms with Gasteiger partial charge < -0.3 is 10.5 Å². The molecule has 190 valence electrons. The number of nitrogens with two attached hydrogens (primary N) is 2. The molecule has 1 saturated carbocycles. The number of allylic oxidation sites excluding steroid dienone is 9. The predicted octanol–water partition coefficient (Wildman–Crippen LogP) is 6.29. The lowest BCUT2D eigenvalue weighted by molar-refractivity contribution is 0.216. The molecule has 0 bridgehead atoms. The second kappa shape index (κ2) is 15.6. The van der Waals surface area contributed by atoms with Crippen LogP contribution in [-0.2, 0) is 4.74 Å². The van der Waals surface area contributed by atoms with Gasteiger partial charge in [-0.3, -0.25) is 10.8 Å². The van der Waals surface area contributed by atoms with Crippen LogP contribution < -0.4 is 11.6 Å². The molecule has 0 saturated heterocycles. The molecule has 34 heavy (non-hydrogen) atoms. The van der Waals surface area contributed by atoms with Crippen LogP contribution in [0.5, 0.6) is 0 Å². The molecule has 0 spiro atoms. The van der Waals surface area contributed by atoms with E-state index in [0.717, 1.165) is 31.3 Å². The van der Waals surface area contributed by atoms with E-state index in [-0.39, 0.29) is 11.7 Å². The Bertz CT molecular complexity index is 858. The highest BCUT2D eigenvalue weighted by Gasteiger charge is 2.24. The van der Waals surface area contributed by atoms with Gasteiger partial charge in [0.15, 0.2) is 5.83 Å². The summed E-state index contributed by atoms with van der Waals surface area (Å²) in [4.78, 5) is 4.08. The Hall–Kier alpha value is -2.28. The first-order valence-electron chi connectivity index (χ1n) is 12.2. The second-order valence-corrected chi connectivity index (χ2v) is 8.99. The SMILES string of the molecule is C=C(/C(F)=C(\C/C(=C\C)C1CCC1)OC/C(C)=C/C=C\C(=C/C)CCC(N)N(C)N)/C(C)=N/C. The first-order valence-corrected chi connectivity index (χ1v) is 12.2. The van der Waals surface area contributed by atoms with E-state index in [1.807, 2.05) is 32.9 Å². The largest absolute Gasteiger partial charge is 0.490 e. The number of hydrogen-bond donors (Lipinski definition) is 2. The minimum absolute atomic E-state index is 0.174. The fraction of sp³-hybridized carbons (Fsp3) is 0.536. The zero-order valence-corrected chi connectivity index (χ0v) is 22.0. The molecule has 1 aliphatic rings. The molecule has 0 radical (unpaired) electrons. The quantitative estimate of drug-likeness (QED) is 0.0593. The molecule has 0 aromatic carbocycles. The van der Waals surface area contributed by atoms with Crippen molar-refractivity contribution in [2.45, 2.75) is 72.4 Å². The molecular weight excluding hydrogens is 427 g/mol. The monoisotopic (exact) mass is 472 g/mol. The minimum Gasteiger partial charge on any atom is -0.490 e. The van der Waals surface area contributed by atoms with Gasteiger partial charge in [0.1, 0.15) is 12.4 Å². The number of ether oxygens (including phenoxy) is 1. The molecule has 1 atom stereocenters. The van der Waals surface area contributed by atoms with Crippen LogP contribution in [0, 0.1) is 5.92 Å². The van der Waals surface area contributed by atoms with Crippen LogP contribution in [0.2, 0.25) is 0 Å². The Morgan fingerprint density at radius 1 is 1.26 bits per heavy atom. The third kappa shape index (κ3) is 9.92. The summed E-state index contributed by atoms with van der Waals surface area (Å²) >= 11 is 0. The maximum atomic E-state index is 15.3. The van der Waals surface area contributed by atoms with Crippen molar-refractivity contribution >= 4 is 5.71 Å². The van der Waals surface area contributed by atoms with Gasteiger partial charge in [-0.05, 0) is 64.9 Å². The molecular formula is C28H45FN4O. The van der Waals surface area contributed by atoms with Crippen LogP contribution in [-0.4, -0.2) is 37.6 Å². The summed E-state index contributed by atoms with van der Waals surface area (Å²) in [7, 11) is 3.41. The smallest absolute Gasteiger partial charge is 0.169 e. The van der Waals surface area contributed by atoms with E-state index < -0.39 is 5.83 Å². The van der Waals surface area contributed by atoms with Crippen molar-refractivity contribution in [3.8, 4) is 0 Å². The fourth-order valence-electron chi connectivity index (χ4n) is 3.53. The highest BCUT2D eigenvalue weighted by atomic mass is 19.1. The number of nitrogens with zero attached hydrogens (tertiary/aromatic N) is 2. The summed E-state index contributed by atoms with van der Waals surface area (Å²) in [6.45, 7) is 12.0. The second-order valence-electron chi connectivity index (χ2n) is 8.99. The fourth-order valence-corrected chi connectivity index (χ4v) is 3.53. The van der Waals surface area contributed by atoms with Gasteiger partial charge >= 0.3 is 0 Å². The number of hydrogen-bond acceptors (Lipinski definition) is 5. The van der Waals surface area contributed by atoms with Gasteiger partial charge in [0, 0.05) is 31.8 Å². The van der Waals surface area contributed by atoms with Crippen molar-refractivity contribution in [3.63, 3.8) is 0 Å². The van der Waals surface area contributed by atoms with Crippen molar-refractivity contribution in [1.82, 2.24) is 5.01 Å². The lowest BCUT2D eigenvalue weighted by Gasteiger charge is -2.29. The predicted molar refractivity (Wildman–Crippen MR) is 144 cm³/mol. The molecule has 1 aliphatic carbocycles. The molecule has 5 nitrogen and oxygen atoms in total. The van der Waals surface area contributed by atoms with Crippen molar-refractivity contribution in [3.05, 3.63) is 70.8 Å². The summed E-state index contributed by atoms with van der Waals surface area (Å²) in [6, 6.07) is 0. The zero-order chi connectivity index (χ0) is 25.7. The molecule has 1 unspecified atom stereocenters. The highest BCUT2D eigenvalue weighted by molar-refractivity contribution is 6.01. The lowest BCUT2D eigenvalue weighted by atomic mass is 9.78. The van der Waals surface area contributed by atoms with Crippen LogP contribution >= 0.6 is 0 Å². The van der Waals surface area contributed by atoms with Gasteiger partial charge in [0.25, 0.3) is 0 Å². The maximum Gasteiger partial charge on any atom is 0.169 e. The molecule has 1 fully saturated rings. The van der Waals surface area contributed by atoms with E-state index >= 15 is 4.39 Å². The first-order chi connectivity index (χ1) is 16.1. The van der Waals surface area contributed by atoms with E-state index in [2.05, 4.69) is 29.8 Å². The molecule has 6 heteroatoms. The Balaban J connectivity index is 2.88. The minimum atomic E-state index is -0.414. The molecule has 1 rings (SSSR count). The van der Waals surface area contributed by atoms with Crippen LogP contribution in [0.1, 0.15) is 66.2 Å². The summed E-state index contributed by atoms with van der Waals surface area (Å²) in [5.74, 6) is 6.14. The van der Waals surface area contributed by atoms with E-state index in [9.17, 15) is 0 Å². The van der Waals surface area contributed by atoms with Gasteiger partial charge in [-0.15, -0.1) is 0 Å². The maximum absolute atomic E-state index is 15.3. The van der Waals surface area contributed by atoms with E-state index in [1.165, 1.54) is 22.6 Å². The third-order valence-electron chi connectivity index (χ3n) is 6.43. The Morgan fingerprint density at radius 3 is 2.44 bits per heavy atom. The van der Waals surface area contributed by atoms with Crippen LogP contribution in [0.25, 0.3) is 0 Å². The number of hydrazine groups is 1. The normalized spacial score (nSPS) is 18.3. The van der Waals surface area contributed by atoms with Gasteiger partial charge in [-0.25, -0.2) is 9.40 Å². The summed E-state index contributed by atoms with van der Waals surface area (Å²) in [5, 5.41) is 1.52. The Morgan fingerprint density at radius 2 is 1.94 bits per heavy atom. The summed E-state index contributed by atoms with van der Waals surface area (Å²) in [6.07, 6.45) is 15.7. The van der Waals surface area contributed by atoms with E-state index in [4.69, 9.17) is 16.3 Å². The highest BCUT2D eigenvalue weighted by Crippen LogP contribution is 2.37. The number of aliphatic imine (C=N–C) groups is 1. The van der Waals surface area contributed by atoms with Gasteiger partial charge in [0.2, 0.25) is 0 Å². The van der Waals surface area contributed by atoms with E-state index in [1.54, 1.807) is 21.0 Å². The van der Waals surface area contributed by atoms with E-state index in [0.29, 0.717) is 30.4 Å². The van der Waals surface area contributed by atoms with Crippen molar-refractivity contribution in [2.75, 3.05) is 20.7 Å². The van der Waals surface area contributed by atoms with Crippen molar-refractivity contribution in [2.24, 2.45) is 22.5 Å². The first kappa shape index (κ1) is 29.8. The molecule has 0 aromatic rings. The van der Waals surface area contributed by atoms with Crippen LogP contribution in [0.15, 0.2) is 75.8 Å². The number of rotatable bonds is 14. The topological polar surface area (TPSA) is 76.9 Å². The number of halogens is 1. The standard InChI is InChI=1S/C28H45FN4O/c1-8-23(16-17-27(30)33(7)31)13-10-12-20(3)19-34-26(28(29)21(4)22(5)32-6)18-24(9-2)25-14-11-15-25/h8-10,12-13,25,27H,4,11,14-19,30-31H2,1-3,5-7H3/b13-10-,20-12+,23-8+,24-9+,28-26-,32-22+. The average Bonchev–Trinajstić information content (AvgIpc) is 2.79. The van der Waals surface area contributed by atoms with Gasteiger partial charge in [-0.2, -0.15) is 0 Å². The molecule has 0 heterocycles. The van der Waals surface area contributed by atoms with Gasteiger partial charge in [-0.1, -0.05) is 54.5 Å². The van der Waals surface area contributed by atoms with Gasteiger partial charge in [0.05, 0.1) is 6.17 Å². The summed E-state index contributed by atoms with van der Waals surface area (Å²) in [5.41, 5.74) is 10.2. The van der Waals surface area contributed by atoms with Crippen LogP contribution in [0.4, 0.5) is 4.39 Å². The van der Waals surface area contributed by atoms with Crippen LogP contribution in [0.3, 0.4) is 0 Å². The molecule has 4 N–H and O–H groups in total. The zero-order valence-electron chi connectivity index (χ0n) is 22.0. The Kier molecular flexibility index (Phi) is 13.6. The molecule has 0 aliphatic heterocycles. The Labute approximate surface area is 206 Å².